The van der Waals surface area contributed by atoms with E-state index in [4.69, 9.17) is 5.73 Å². The molecule has 102 valence electrons. The van der Waals surface area contributed by atoms with Gasteiger partial charge in [-0.25, -0.2) is 13.2 Å². The summed E-state index contributed by atoms with van der Waals surface area (Å²) in [6, 6.07) is 0.569. The van der Waals surface area contributed by atoms with Crippen molar-refractivity contribution < 1.29 is 13.2 Å². The Labute approximate surface area is 106 Å². The van der Waals surface area contributed by atoms with Crippen LogP contribution in [0.1, 0.15) is 45.7 Å². The van der Waals surface area contributed by atoms with Crippen molar-refractivity contribution in [3.63, 3.8) is 0 Å². The molecule has 2 atom stereocenters. The van der Waals surface area contributed by atoms with E-state index in [9.17, 15) is 13.2 Å². The van der Waals surface area contributed by atoms with Gasteiger partial charge in [0.05, 0.1) is 0 Å². The highest BCUT2D eigenvalue weighted by molar-refractivity contribution is 5.24. The van der Waals surface area contributed by atoms with Crippen LogP contribution >= 0.6 is 0 Å². The third kappa shape index (κ3) is 3.48. The van der Waals surface area contributed by atoms with Crippen molar-refractivity contribution >= 4 is 0 Å². The van der Waals surface area contributed by atoms with E-state index in [2.05, 4.69) is 0 Å². The first kappa shape index (κ1) is 15.0. The first-order valence-electron chi connectivity index (χ1n) is 6.03. The van der Waals surface area contributed by atoms with Gasteiger partial charge in [-0.1, -0.05) is 27.7 Å². The molecule has 18 heavy (non-hydrogen) atoms. The van der Waals surface area contributed by atoms with E-state index in [1.54, 1.807) is 0 Å². The fourth-order valence-electron chi connectivity index (χ4n) is 1.76. The van der Waals surface area contributed by atoms with Crippen molar-refractivity contribution in [1.29, 1.82) is 0 Å². The predicted octanol–water partition coefficient (Wildman–Crippen LogP) is 4.18. The van der Waals surface area contributed by atoms with Gasteiger partial charge in [-0.3, -0.25) is 0 Å². The maximum Gasteiger partial charge on any atom is 0.133 e. The lowest BCUT2D eigenvalue weighted by atomic mass is 9.77. The van der Waals surface area contributed by atoms with E-state index in [-0.39, 0.29) is 16.9 Å². The summed E-state index contributed by atoms with van der Waals surface area (Å²) < 4.78 is 39.9. The Balaban J connectivity index is 2.95. The number of halogens is 3. The van der Waals surface area contributed by atoms with Crippen LogP contribution in [-0.2, 0) is 0 Å². The molecule has 0 saturated heterocycles. The third-order valence-electron chi connectivity index (χ3n) is 3.50. The molecule has 0 aliphatic heterocycles. The molecule has 1 nitrogen and oxygen atoms in total. The van der Waals surface area contributed by atoms with E-state index < -0.39 is 23.5 Å². The van der Waals surface area contributed by atoms with Gasteiger partial charge >= 0.3 is 0 Å². The van der Waals surface area contributed by atoms with Crippen LogP contribution in [0.5, 0.6) is 0 Å². The van der Waals surface area contributed by atoms with E-state index in [0.29, 0.717) is 18.6 Å². The SMILES string of the molecule is CC(CC(N)c1c(F)cc(F)cc1F)C(C)(C)C. The molecule has 0 fully saturated rings. The Kier molecular flexibility index (Phi) is 4.43. The summed E-state index contributed by atoms with van der Waals surface area (Å²) in [4.78, 5) is 0. The van der Waals surface area contributed by atoms with Gasteiger partial charge in [0, 0.05) is 23.7 Å². The van der Waals surface area contributed by atoms with E-state index in [1.165, 1.54) is 0 Å². The summed E-state index contributed by atoms with van der Waals surface area (Å²) in [5, 5.41) is 0. The lowest BCUT2D eigenvalue weighted by Gasteiger charge is -2.29. The van der Waals surface area contributed by atoms with Crippen molar-refractivity contribution in [2.24, 2.45) is 17.1 Å². The van der Waals surface area contributed by atoms with Crippen LogP contribution in [0, 0.1) is 28.8 Å². The highest BCUT2D eigenvalue weighted by atomic mass is 19.1. The number of rotatable bonds is 3. The molecule has 0 aliphatic carbocycles. The Morgan fingerprint density at radius 2 is 1.56 bits per heavy atom. The molecule has 0 aliphatic rings. The second-order valence-electron chi connectivity index (χ2n) is 5.89. The largest absolute Gasteiger partial charge is 0.324 e. The monoisotopic (exact) mass is 259 g/mol. The molecule has 2 N–H and O–H groups in total. The minimum Gasteiger partial charge on any atom is -0.324 e. The molecule has 0 bridgehead atoms. The maximum absolute atomic E-state index is 13.5. The summed E-state index contributed by atoms with van der Waals surface area (Å²) in [6.07, 6.45) is 0.447. The molecular formula is C14H20F3N. The molecule has 1 aromatic carbocycles. The lowest BCUT2D eigenvalue weighted by molar-refractivity contribution is 0.231. The van der Waals surface area contributed by atoms with Crippen LogP contribution in [0.15, 0.2) is 12.1 Å². The second kappa shape index (κ2) is 5.31. The molecule has 2 unspecified atom stereocenters. The fraction of sp³-hybridized carbons (Fsp3) is 0.571. The summed E-state index contributed by atoms with van der Waals surface area (Å²) >= 11 is 0. The third-order valence-corrected chi connectivity index (χ3v) is 3.50. The van der Waals surface area contributed by atoms with Crippen LogP contribution < -0.4 is 5.73 Å². The van der Waals surface area contributed by atoms with Crippen LogP contribution in [0.3, 0.4) is 0 Å². The molecule has 1 aromatic rings. The van der Waals surface area contributed by atoms with Crippen molar-refractivity contribution in [1.82, 2.24) is 0 Å². The van der Waals surface area contributed by atoms with Gasteiger partial charge in [0.25, 0.3) is 0 Å². The first-order valence-corrected chi connectivity index (χ1v) is 6.03. The summed E-state index contributed by atoms with van der Waals surface area (Å²) in [5.41, 5.74) is 5.62. The van der Waals surface area contributed by atoms with Crippen molar-refractivity contribution in [2.75, 3.05) is 0 Å². The van der Waals surface area contributed by atoms with Gasteiger partial charge in [0.1, 0.15) is 17.5 Å². The summed E-state index contributed by atoms with van der Waals surface area (Å²) in [7, 11) is 0. The topological polar surface area (TPSA) is 26.0 Å². The zero-order chi connectivity index (χ0) is 14.1. The zero-order valence-corrected chi connectivity index (χ0v) is 11.2. The van der Waals surface area contributed by atoms with Gasteiger partial charge in [-0.05, 0) is 17.8 Å². The van der Waals surface area contributed by atoms with E-state index in [1.807, 2.05) is 27.7 Å². The Hall–Kier alpha value is -1.03. The van der Waals surface area contributed by atoms with Gasteiger partial charge in [0.2, 0.25) is 0 Å². The smallest absolute Gasteiger partial charge is 0.133 e. The highest BCUT2D eigenvalue weighted by Gasteiger charge is 2.26. The zero-order valence-electron chi connectivity index (χ0n) is 11.2. The molecule has 0 aromatic heterocycles. The number of hydrogen-bond acceptors (Lipinski definition) is 1. The van der Waals surface area contributed by atoms with Crippen LogP contribution in [0.2, 0.25) is 0 Å². The maximum atomic E-state index is 13.5. The average Bonchev–Trinajstić information content (AvgIpc) is 2.13. The molecule has 1 rings (SSSR count). The molecule has 0 radical (unpaired) electrons. The van der Waals surface area contributed by atoms with Gasteiger partial charge < -0.3 is 5.73 Å². The lowest BCUT2D eigenvalue weighted by Crippen LogP contribution is -2.24. The number of benzene rings is 1. The van der Waals surface area contributed by atoms with Crippen molar-refractivity contribution in [2.45, 2.75) is 40.2 Å². The normalized spacial score (nSPS) is 15.6. The average molecular weight is 259 g/mol. The van der Waals surface area contributed by atoms with E-state index >= 15 is 0 Å². The summed E-state index contributed by atoms with van der Waals surface area (Å²) in [6.45, 7) is 8.12. The standard InChI is InChI=1S/C14H20F3N/c1-8(14(2,3)4)5-12(18)13-10(16)6-9(15)7-11(13)17/h6-8,12H,5,18H2,1-4H3. The number of hydrogen-bond donors (Lipinski definition) is 1. The predicted molar refractivity (Wildman–Crippen MR) is 66.5 cm³/mol. The van der Waals surface area contributed by atoms with Crippen molar-refractivity contribution in [3.8, 4) is 0 Å². The Morgan fingerprint density at radius 1 is 1.11 bits per heavy atom. The quantitative estimate of drug-likeness (QED) is 0.866. The molecule has 0 heterocycles. The van der Waals surface area contributed by atoms with Gasteiger partial charge in [0.15, 0.2) is 0 Å². The van der Waals surface area contributed by atoms with Crippen molar-refractivity contribution in [3.05, 3.63) is 35.1 Å². The van der Waals surface area contributed by atoms with Gasteiger partial charge in [-0.2, -0.15) is 0 Å². The second-order valence-corrected chi connectivity index (χ2v) is 5.89. The van der Waals surface area contributed by atoms with Crippen LogP contribution in [-0.4, -0.2) is 0 Å². The first-order chi connectivity index (χ1) is 8.12. The molecule has 0 amide bonds. The Bertz CT molecular complexity index is 401. The molecular weight excluding hydrogens is 239 g/mol. The van der Waals surface area contributed by atoms with Gasteiger partial charge in [-0.15, -0.1) is 0 Å². The molecule has 0 spiro atoms. The fourth-order valence-corrected chi connectivity index (χ4v) is 1.76. The van der Waals surface area contributed by atoms with Crippen LogP contribution in [0.4, 0.5) is 13.2 Å². The Morgan fingerprint density at radius 3 is 1.94 bits per heavy atom. The minimum atomic E-state index is -0.926. The number of nitrogens with two attached hydrogens (primary N) is 1. The van der Waals surface area contributed by atoms with Crippen LogP contribution in [0.25, 0.3) is 0 Å². The molecule has 4 heteroatoms. The minimum absolute atomic E-state index is 0.00457. The molecule has 0 saturated carbocycles. The van der Waals surface area contributed by atoms with E-state index in [0.717, 1.165) is 0 Å². The summed E-state index contributed by atoms with van der Waals surface area (Å²) in [5.74, 6) is -2.57. The highest BCUT2D eigenvalue weighted by Crippen LogP contribution is 2.33.